The molecular formula is C14H7F5N4O4. The molecule has 2 aromatic rings. The van der Waals surface area contributed by atoms with Gasteiger partial charge in [0.2, 0.25) is 5.82 Å². The van der Waals surface area contributed by atoms with Crippen molar-refractivity contribution >= 4 is 22.8 Å². The summed E-state index contributed by atoms with van der Waals surface area (Å²) in [6.45, 7) is 0.891. The minimum Gasteiger partial charge on any atom is -0.271 e. The first-order valence-corrected chi connectivity index (χ1v) is 6.81. The minimum atomic E-state index is -2.35. The summed E-state index contributed by atoms with van der Waals surface area (Å²) in [4.78, 5) is 19.8. The number of hydrogen-bond acceptors (Lipinski definition) is 6. The highest BCUT2D eigenvalue weighted by molar-refractivity contribution is 5.99. The van der Waals surface area contributed by atoms with Gasteiger partial charge in [-0.05, 0) is 13.0 Å². The fourth-order valence-corrected chi connectivity index (χ4v) is 2.00. The molecule has 0 aliphatic rings. The molecule has 0 amide bonds. The van der Waals surface area contributed by atoms with Crippen molar-refractivity contribution in [3.63, 3.8) is 0 Å². The Labute approximate surface area is 146 Å². The van der Waals surface area contributed by atoms with Crippen LogP contribution in [0, 0.1) is 49.3 Å². The average Bonchev–Trinajstić information content (AvgIpc) is 2.62. The third-order valence-corrected chi connectivity index (χ3v) is 3.30. The summed E-state index contributed by atoms with van der Waals surface area (Å²) in [5, 5.41) is 25.0. The molecule has 2 aromatic carbocycles. The number of nitrogens with zero attached hydrogens (tertiary/aromatic N) is 3. The van der Waals surface area contributed by atoms with Gasteiger partial charge in [-0.15, -0.1) is 0 Å². The fourth-order valence-electron chi connectivity index (χ4n) is 2.00. The molecule has 0 aromatic heterocycles. The monoisotopic (exact) mass is 390 g/mol. The van der Waals surface area contributed by atoms with Crippen LogP contribution >= 0.6 is 0 Å². The van der Waals surface area contributed by atoms with E-state index >= 15 is 0 Å². The van der Waals surface area contributed by atoms with E-state index in [0.29, 0.717) is 6.07 Å². The van der Waals surface area contributed by atoms with Crippen molar-refractivity contribution in [2.24, 2.45) is 5.10 Å². The molecule has 0 saturated carbocycles. The molecule has 0 aliphatic carbocycles. The topological polar surface area (TPSA) is 111 Å². The van der Waals surface area contributed by atoms with E-state index in [4.69, 9.17) is 0 Å². The first-order chi connectivity index (χ1) is 12.6. The summed E-state index contributed by atoms with van der Waals surface area (Å²) in [6.07, 6.45) is 0. The Morgan fingerprint density at radius 1 is 0.926 bits per heavy atom. The number of anilines is 1. The molecule has 0 unspecified atom stereocenters. The van der Waals surface area contributed by atoms with E-state index in [1.165, 1.54) is 0 Å². The third kappa shape index (κ3) is 3.65. The van der Waals surface area contributed by atoms with Gasteiger partial charge in [0.15, 0.2) is 23.3 Å². The van der Waals surface area contributed by atoms with Gasteiger partial charge in [-0.1, -0.05) is 0 Å². The van der Waals surface area contributed by atoms with Crippen molar-refractivity contribution < 1.29 is 31.8 Å². The molecule has 0 fully saturated rings. The Balaban J connectivity index is 2.48. The number of halogens is 5. The van der Waals surface area contributed by atoms with Gasteiger partial charge in [0.25, 0.3) is 5.69 Å². The van der Waals surface area contributed by atoms with Crippen molar-refractivity contribution in [3.8, 4) is 0 Å². The van der Waals surface area contributed by atoms with Gasteiger partial charge in [-0.3, -0.25) is 25.7 Å². The van der Waals surface area contributed by atoms with Crippen molar-refractivity contribution in [1.29, 1.82) is 0 Å². The van der Waals surface area contributed by atoms with E-state index in [1.54, 1.807) is 0 Å². The van der Waals surface area contributed by atoms with Crippen LogP contribution in [0.25, 0.3) is 0 Å². The molecule has 27 heavy (non-hydrogen) atoms. The van der Waals surface area contributed by atoms with Crippen molar-refractivity contribution in [2.45, 2.75) is 6.92 Å². The molecule has 13 heteroatoms. The number of hydrogen-bond donors (Lipinski definition) is 1. The molecule has 0 atom stereocenters. The van der Waals surface area contributed by atoms with E-state index in [-0.39, 0.29) is 0 Å². The number of non-ortho nitro benzene ring substituents is 1. The van der Waals surface area contributed by atoms with E-state index in [9.17, 15) is 42.2 Å². The zero-order valence-electron chi connectivity index (χ0n) is 13.1. The SMILES string of the molecule is CC(=NNc1ccc([N+](=O)[O-])cc1[N+](=O)[O-])c1c(F)c(F)c(F)c(F)c1F. The number of nitrogens with one attached hydrogen (secondary N) is 1. The van der Waals surface area contributed by atoms with Gasteiger partial charge in [0.1, 0.15) is 5.69 Å². The molecule has 1 N–H and O–H groups in total. The van der Waals surface area contributed by atoms with Gasteiger partial charge in [-0.25, -0.2) is 22.0 Å². The molecule has 0 radical (unpaired) electrons. The first kappa shape index (κ1) is 19.7. The Bertz CT molecular complexity index is 967. The molecule has 0 heterocycles. The van der Waals surface area contributed by atoms with Gasteiger partial charge in [-0.2, -0.15) is 5.10 Å². The van der Waals surface area contributed by atoms with Crippen LogP contribution in [0.5, 0.6) is 0 Å². The lowest BCUT2D eigenvalue weighted by molar-refractivity contribution is -0.393. The fraction of sp³-hybridized carbons (Fsp3) is 0.0714. The third-order valence-electron chi connectivity index (χ3n) is 3.30. The van der Waals surface area contributed by atoms with Crippen LogP contribution in [-0.4, -0.2) is 15.6 Å². The molecule has 142 valence electrons. The molecule has 2 rings (SSSR count). The highest BCUT2D eigenvalue weighted by atomic mass is 19.2. The molecule has 8 nitrogen and oxygen atoms in total. The Morgan fingerprint density at radius 2 is 1.44 bits per heavy atom. The highest BCUT2D eigenvalue weighted by Gasteiger charge is 2.27. The standard InChI is InChI=1S/C14H7F5N4O4/c1-5(9-10(15)12(17)14(19)13(18)11(9)16)20-21-7-3-2-6(22(24)25)4-8(7)23(26)27/h2-4,21H,1H3. The zero-order chi connectivity index (χ0) is 20.5. The number of nitro groups is 2. The van der Waals surface area contributed by atoms with E-state index in [0.717, 1.165) is 19.1 Å². The summed E-state index contributed by atoms with van der Waals surface area (Å²) in [5.74, 6) is -11.0. The first-order valence-electron chi connectivity index (χ1n) is 6.81. The molecule has 0 saturated heterocycles. The average molecular weight is 390 g/mol. The predicted molar refractivity (Wildman–Crippen MR) is 81.8 cm³/mol. The molecule has 0 aliphatic heterocycles. The molecule has 0 spiro atoms. The minimum absolute atomic E-state index is 0.408. The van der Waals surface area contributed by atoms with Gasteiger partial charge < -0.3 is 0 Å². The summed E-state index contributed by atoms with van der Waals surface area (Å²) >= 11 is 0. The summed E-state index contributed by atoms with van der Waals surface area (Å²) in [7, 11) is 0. The molecule has 0 bridgehead atoms. The van der Waals surface area contributed by atoms with E-state index in [2.05, 4.69) is 5.10 Å². The van der Waals surface area contributed by atoms with Gasteiger partial charge in [0, 0.05) is 6.07 Å². The summed E-state index contributed by atoms with van der Waals surface area (Å²) in [5.41, 5.74) is -1.83. The van der Waals surface area contributed by atoms with E-state index < -0.39 is 67.3 Å². The van der Waals surface area contributed by atoms with Crippen molar-refractivity contribution in [1.82, 2.24) is 0 Å². The second-order valence-corrected chi connectivity index (χ2v) is 4.97. The second kappa shape index (κ2) is 7.31. The smallest absolute Gasteiger partial charge is 0.271 e. The van der Waals surface area contributed by atoms with Crippen LogP contribution < -0.4 is 5.43 Å². The highest BCUT2D eigenvalue weighted by Crippen LogP contribution is 2.29. The number of rotatable bonds is 5. The van der Waals surface area contributed by atoms with E-state index in [1.807, 2.05) is 5.43 Å². The van der Waals surface area contributed by atoms with Gasteiger partial charge >= 0.3 is 5.69 Å². The van der Waals surface area contributed by atoms with Crippen LogP contribution in [0.2, 0.25) is 0 Å². The van der Waals surface area contributed by atoms with Gasteiger partial charge in [0.05, 0.1) is 27.2 Å². The lowest BCUT2D eigenvalue weighted by Gasteiger charge is -2.08. The number of nitro benzene ring substituents is 2. The van der Waals surface area contributed by atoms with Crippen LogP contribution in [0.4, 0.5) is 39.0 Å². The Morgan fingerprint density at radius 3 is 1.93 bits per heavy atom. The predicted octanol–water partition coefficient (Wildman–Crippen LogP) is 4.03. The largest absolute Gasteiger partial charge is 0.301 e. The van der Waals surface area contributed by atoms with Crippen LogP contribution in [0.15, 0.2) is 23.3 Å². The maximum absolute atomic E-state index is 13.7. The normalized spacial score (nSPS) is 11.4. The number of hydrazone groups is 1. The van der Waals surface area contributed by atoms with Crippen molar-refractivity contribution in [3.05, 3.63) is 73.1 Å². The van der Waals surface area contributed by atoms with Crippen molar-refractivity contribution in [2.75, 3.05) is 5.43 Å². The Kier molecular flexibility index (Phi) is 5.33. The lowest BCUT2D eigenvalue weighted by atomic mass is 10.1. The summed E-state index contributed by atoms with van der Waals surface area (Å²) < 4.78 is 66.9. The van der Waals surface area contributed by atoms with Crippen LogP contribution in [-0.2, 0) is 0 Å². The van der Waals surface area contributed by atoms with Crippen LogP contribution in [0.1, 0.15) is 12.5 Å². The maximum Gasteiger partial charge on any atom is 0.301 e. The summed E-state index contributed by atoms with van der Waals surface area (Å²) in [6, 6.07) is 2.38. The Hall–Kier alpha value is -3.64. The number of benzene rings is 2. The lowest BCUT2D eigenvalue weighted by Crippen LogP contribution is -2.12. The quantitative estimate of drug-likeness (QED) is 0.207. The second-order valence-electron chi connectivity index (χ2n) is 4.97. The van der Waals surface area contributed by atoms with Crippen LogP contribution in [0.3, 0.4) is 0 Å². The zero-order valence-corrected chi connectivity index (χ0v) is 13.1. The maximum atomic E-state index is 13.7. The molecular weight excluding hydrogens is 383 g/mol.